The number of rotatable bonds is 1. The second-order valence-corrected chi connectivity index (χ2v) is 5.62. The van der Waals surface area contributed by atoms with E-state index in [-0.39, 0.29) is 6.10 Å². The average molecular weight is 267 g/mol. The maximum Gasteiger partial charge on any atom is 0.107 e. The first-order valence-electron chi connectivity index (χ1n) is 7.21. The number of nitrogens with zero attached hydrogens (tertiary/aromatic N) is 3. The van der Waals surface area contributed by atoms with Crippen molar-refractivity contribution < 1.29 is 5.11 Å². The number of benzene rings is 1. The molecule has 0 unspecified atom stereocenters. The number of pyridine rings is 1. The van der Waals surface area contributed by atoms with Gasteiger partial charge in [-0.05, 0) is 31.7 Å². The fraction of sp³-hybridized carbons (Fsp3) is 0.375. The summed E-state index contributed by atoms with van der Waals surface area (Å²) in [5.41, 5.74) is 3.14. The Balaban J connectivity index is 1.89. The third-order valence-electron chi connectivity index (χ3n) is 4.37. The van der Waals surface area contributed by atoms with Crippen molar-refractivity contribution >= 4 is 21.9 Å². The molecule has 102 valence electrons. The number of aliphatic hydroxyl groups is 1. The van der Waals surface area contributed by atoms with Crippen LogP contribution in [0.3, 0.4) is 0 Å². The van der Waals surface area contributed by atoms with Crippen LogP contribution in [0.1, 0.15) is 31.7 Å². The Bertz CT molecular complexity index is 757. The fourth-order valence-electron chi connectivity index (χ4n) is 3.28. The van der Waals surface area contributed by atoms with Crippen LogP contribution in [0.4, 0.5) is 0 Å². The van der Waals surface area contributed by atoms with Crippen molar-refractivity contribution in [2.24, 2.45) is 0 Å². The number of para-hydroxylation sites is 1. The Morgan fingerprint density at radius 1 is 1.00 bits per heavy atom. The highest BCUT2D eigenvalue weighted by molar-refractivity contribution is 6.01. The van der Waals surface area contributed by atoms with Gasteiger partial charge in [0.05, 0.1) is 29.7 Å². The van der Waals surface area contributed by atoms with E-state index in [0.717, 1.165) is 42.1 Å². The van der Waals surface area contributed by atoms with Gasteiger partial charge in [0.15, 0.2) is 0 Å². The van der Waals surface area contributed by atoms with E-state index in [1.54, 1.807) is 0 Å². The number of imidazole rings is 1. The summed E-state index contributed by atoms with van der Waals surface area (Å²) in [5.74, 6) is 0. The Labute approximate surface area is 117 Å². The van der Waals surface area contributed by atoms with E-state index in [0.29, 0.717) is 6.04 Å². The largest absolute Gasteiger partial charge is 0.393 e. The summed E-state index contributed by atoms with van der Waals surface area (Å²) in [4.78, 5) is 8.97. The predicted molar refractivity (Wildman–Crippen MR) is 78.5 cm³/mol. The molecule has 1 aliphatic carbocycles. The number of fused-ring (bicyclic) bond motifs is 3. The molecule has 0 amide bonds. The van der Waals surface area contributed by atoms with Crippen molar-refractivity contribution in [2.45, 2.75) is 37.8 Å². The van der Waals surface area contributed by atoms with Crippen LogP contribution in [-0.2, 0) is 0 Å². The molecule has 1 saturated carbocycles. The van der Waals surface area contributed by atoms with Crippen molar-refractivity contribution in [3.63, 3.8) is 0 Å². The zero-order chi connectivity index (χ0) is 13.5. The summed E-state index contributed by atoms with van der Waals surface area (Å²) >= 11 is 0. The van der Waals surface area contributed by atoms with Crippen molar-refractivity contribution in [1.82, 2.24) is 14.5 Å². The summed E-state index contributed by atoms with van der Waals surface area (Å²) in [6.45, 7) is 0. The van der Waals surface area contributed by atoms with Gasteiger partial charge in [0.2, 0.25) is 0 Å². The lowest BCUT2D eigenvalue weighted by Gasteiger charge is -2.27. The van der Waals surface area contributed by atoms with Crippen LogP contribution in [0, 0.1) is 0 Å². The highest BCUT2D eigenvalue weighted by Gasteiger charge is 2.22. The van der Waals surface area contributed by atoms with E-state index in [1.807, 2.05) is 30.7 Å². The molecule has 3 aromatic rings. The number of hydrogen-bond donors (Lipinski definition) is 1. The van der Waals surface area contributed by atoms with Crippen LogP contribution in [0.5, 0.6) is 0 Å². The molecule has 4 heteroatoms. The van der Waals surface area contributed by atoms with Crippen LogP contribution in [-0.4, -0.2) is 25.7 Å². The van der Waals surface area contributed by atoms with Gasteiger partial charge in [-0.2, -0.15) is 0 Å². The van der Waals surface area contributed by atoms with Gasteiger partial charge in [0.25, 0.3) is 0 Å². The molecule has 2 heterocycles. The molecule has 0 aliphatic heterocycles. The highest BCUT2D eigenvalue weighted by atomic mass is 16.3. The minimum atomic E-state index is -0.126. The molecule has 1 N–H and O–H groups in total. The lowest BCUT2D eigenvalue weighted by molar-refractivity contribution is 0.111. The number of hydrogen-bond acceptors (Lipinski definition) is 3. The molecule has 1 aromatic carbocycles. The second-order valence-electron chi connectivity index (χ2n) is 5.62. The average Bonchev–Trinajstić information content (AvgIpc) is 2.92. The minimum absolute atomic E-state index is 0.126. The first kappa shape index (κ1) is 11.9. The topological polar surface area (TPSA) is 50.9 Å². The summed E-state index contributed by atoms with van der Waals surface area (Å²) in [5, 5.41) is 10.8. The van der Waals surface area contributed by atoms with Gasteiger partial charge < -0.3 is 9.67 Å². The Hall–Kier alpha value is -1.94. The molecule has 4 nitrogen and oxygen atoms in total. The second kappa shape index (κ2) is 4.56. The third kappa shape index (κ3) is 1.79. The van der Waals surface area contributed by atoms with Gasteiger partial charge in [-0.1, -0.05) is 18.2 Å². The maximum absolute atomic E-state index is 9.67. The Morgan fingerprint density at radius 3 is 2.65 bits per heavy atom. The van der Waals surface area contributed by atoms with E-state index in [4.69, 9.17) is 0 Å². The quantitative estimate of drug-likeness (QED) is 0.737. The highest BCUT2D eigenvalue weighted by Crippen LogP contribution is 2.33. The molecule has 0 bridgehead atoms. The molecule has 0 saturated heterocycles. The molecule has 1 aliphatic rings. The van der Waals surface area contributed by atoms with Gasteiger partial charge in [0, 0.05) is 11.4 Å². The zero-order valence-electron chi connectivity index (χ0n) is 11.2. The molecular formula is C16H17N3O. The molecule has 1 fully saturated rings. The minimum Gasteiger partial charge on any atom is -0.393 e. The monoisotopic (exact) mass is 267 g/mol. The Kier molecular flexibility index (Phi) is 2.70. The number of aliphatic hydroxyl groups excluding tert-OH is 1. The third-order valence-corrected chi connectivity index (χ3v) is 4.37. The van der Waals surface area contributed by atoms with Gasteiger partial charge in [-0.15, -0.1) is 0 Å². The van der Waals surface area contributed by atoms with Gasteiger partial charge in [-0.3, -0.25) is 4.98 Å². The summed E-state index contributed by atoms with van der Waals surface area (Å²) < 4.78 is 2.28. The van der Waals surface area contributed by atoms with Crippen molar-refractivity contribution in [3.8, 4) is 0 Å². The standard InChI is InChI=1S/C16H17N3O/c20-12-7-5-11(6-8-12)19-10-18-15-9-17-14-4-2-1-3-13(14)16(15)19/h1-4,9-12,20H,5-8H2. The molecular weight excluding hydrogens is 250 g/mol. The molecule has 0 radical (unpaired) electrons. The van der Waals surface area contributed by atoms with Crippen LogP contribution >= 0.6 is 0 Å². The van der Waals surface area contributed by atoms with Crippen molar-refractivity contribution in [2.75, 3.05) is 0 Å². The lowest BCUT2D eigenvalue weighted by Crippen LogP contribution is -2.20. The van der Waals surface area contributed by atoms with Gasteiger partial charge in [0.1, 0.15) is 5.52 Å². The van der Waals surface area contributed by atoms with Gasteiger partial charge >= 0.3 is 0 Å². The van der Waals surface area contributed by atoms with E-state index >= 15 is 0 Å². The first-order valence-corrected chi connectivity index (χ1v) is 7.21. The molecule has 20 heavy (non-hydrogen) atoms. The molecule has 0 spiro atoms. The van der Waals surface area contributed by atoms with E-state index in [1.165, 1.54) is 5.52 Å². The van der Waals surface area contributed by atoms with E-state index < -0.39 is 0 Å². The normalized spacial score (nSPS) is 23.4. The van der Waals surface area contributed by atoms with Gasteiger partial charge in [-0.25, -0.2) is 4.98 Å². The SMILES string of the molecule is OC1CCC(n2cnc3cnc4ccccc4c32)CC1. The molecule has 0 atom stereocenters. The predicted octanol–water partition coefficient (Wildman–Crippen LogP) is 3.06. The number of aromatic nitrogens is 3. The van der Waals surface area contributed by atoms with Crippen LogP contribution in [0.25, 0.3) is 21.9 Å². The fourth-order valence-corrected chi connectivity index (χ4v) is 3.28. The van der Waals surface area contributed by atoms with E-state index in [9.17, 15) is 5.11 Å². The van der Waals surface area contributed by atoms with Crippen molar-refractivity contribution in [3.05, 3.63) is 36.8 Å². The van der Waals surface area contributed by atoms with Crippen LogP contribution in [0.15, 0.2) is 36.8 Å². The summed E-state index contributed by atoms with van der Waals surface area (Å²) in [7, 11) is 0. The molecule has 2 aromatic heterocycles. The summed E-state index contributed by atoms with van der Waals surface area (Å²) in [6, 6.07) is 8.65. The lowest BCUT2D eigenvalue weighted by atomic mass is 9.93. The van der Waals surface area contributed by atoms with Crippen LogP contribution in [0.2, 0.25) is 0 Å². The van der Waals surface area contributed by atoms with Crippen molar-refractivity contribution in [1.29, 1.82) is 0 Å². The first-order chi connectivity index (χ1) is 9.83. The summed E-state index contributed by atoms with van der Waals surface area (Å²) in [6.07, 6.45) is 7.46. The Morgan fingerprint density at radius 2 is 1.80 bits per heavy atom. The zero-order valence-corrected chi connectivity index (χ0v) is 11.2. The smallest absolute Gasteiger partial charge is 0.107 e. The maximum atomic E-state index is 9.67. The van der Waals surface area contributed by atoms with Crippen LogP contribution < -0.4 is 0 Å². The van der Waals surface area contributed by atoms with E-state index in [2.05, 4.69) is 20.6 Å². The molecule has 4 rings (SSSR count).